The van der Waals surface area contributed by atoms with Crippen molar-refractivity contribution in [1.29, 1.82) is 0 Å². The fourth-order valence-electron chi connectivity index (χ4n) is 1.35. The van der Waals surface area contributed by atoms with Crippen LogP contribution in [0, 0.1) is 6.92 Å². The summed E-state index contributed by atoms with van der Waals surface area (Å²) in [6.45, 7) is 4.70. The van der Waals surface area contributed by atoms with Crippen LogP contribution in [0.5, 0.6) is 0 Å². The van der Waals surface area contributed by atoms with Gasteiger partial charge in [0.2, 0.25) is 11.0 Å². The predicted molar refractivity (Wildman–Crippen MR) is 65.1 cm³/mol. The van der Waals surface area contributed by atoms with Gasteiger partial charge < -0.3 is 9.84 Å². The molecule has 0 unspecified atom stereocenters. The lowest BCUT2D eigenvalue weighted by Crippen LogP contribution is -2.03. The molecule has 2 heterocycles. The minimum Gasteiger partial charge on any atom is -0.360 e. The number of hydrogen-bond acceptors (Lipinski definition) is 7. The lowest BCUT2D eigenvalue weighted by Gasteiger charge is -1.98. The SMILES string of the molecule is CCc1nsc(NCCCc2nc(C)no2)n1. The molecular weight excluding hydrogens is 238 g/mol. The van der Waals surface area contributed by atoms with Crippen molar-refractivity contribution in [2.75, 3.05) is 11.9 Å². The molecule has 0 saturated carbocycles. The first kappa shape index (κ1) is 12.0. The third-order valence-corrected chi connectivity index (χ3v) is 2.91. The Morgan fingerprint density at radius 1 is 1.35 bits per heavy atom. The molecule has 2 aromatic heterocycles. The minimum atomic E-state index is 0.685. The van der Waals surface area contributed by atoms with Gasteiger partial charge >= 0.3 is 0 Å². The van der Waals surface area contributed by atoms with Crippen LogP contribution in [0.15, 0.2) is 4.52 Å². The maximum atomic E-state index is 5.02. The Bertz CT molecular complexity index is 467. The third-order valence-electron chi connectivity index (χ3n) is 2.20. The van der Waals surface area contributed by atoms with Crippen LogP contribution in [-0.4, -0.2) is 26.0 Å². The van der Waals surface area contributed by atoms with Crippen molar-refractivity contribution >= 4 is 16.7 Å². The molecule has 0 aromatic carbocycles. The topological polar surface area (TPSA) is 76.7 Å². The molecular formula is C10H15N5OS. The van der Waals surface area contributed by atoms with E-state index in [0.29, 0.717) is 11.7 Å². The molecule has 0 aliphatic heterocycles. The van der Waals surface area contributed by atoms with Gasteiger partial charge in [0.15, 0.2) is 5.82 Å². The zero-order valence-corrected chi connectivity index (χ0v) is 10.8. The quantitative estimate of drug-likeness (QED) is 0.791. The number of nitrogens with zero attached hydrogens (tertiary/aromatic N) is 4. The summed E-state index contributed by atoms with van der Waals surface area (Å²) < 4.78 is 9.23. The molecule has 0 fully saturated rings. The molecule has 2 rings (SSSR count). The highest BCUT2D eigenvalue weighted by Crippen LogP contribution is 2.11. The molecule has 1 N–H and O–H groups in total. The molecule has 0 radical (unpaired) electrons. The van der Waals surface area contributed by atoms with Gasteiger partial charge in [0.05, 0.1) is 0 Å². The third kappa shape index (κ3) is 3.48. The molecule has 6 nitrogen and oxygen atoms in total. The lowest BCUT2D eigenvalue weighted by molar-refractivity contribution is 0.373. The van der Waals surface area contributed by atoms with Gasteiger partial charge in [0.25, 0.3) is 0 Å². The van der Waals surface area contributed by atoms with Gasteiger partial charge in [-0.25, -0.2) is 4.98 Å². The molecule has 0 bridgehead atoms. The van der Waals surface area contributed by atoms with E-state index in [1.54, 1.807) is 0 Å². The van der Waals surface area contributed by atoms with E-state index in [0.717, 1.165) is 36.8 Å². The smallest absolute Gasteiger partial charge is 0.226 e. The molecule has 0 aliphatic rings. The van der Waals surface area contributed by atoms with Crippen molar-refractivity contribution in [3.8, 4) is 0 Å². The van der Waals surface area contributed by atoms with Gasteiger partial charge in [-0.3, -0.25) is 0 Å². The molecule has 0 atom stereocenters. The highest BCUT2D eigenvalue weighted by molar-refractivity contribution is 7.09. The van der Waals surface area contributed by atoms with E-state index < -0.39 is 0 Å². The molecule has 92 valence electrons. The number of rotatable bonds is 6. The summed E-state index contributed by atoms with van der Waals surface area (Å²) in [5.74, 6) is 2.27. The zero-order valence-electron chi connectivity index (χ0n) is 9.93. The van der Waals surface area contributed by atoms with E-state index in [4.69, 9.17) is 4.52 Å². The van der Waals surface area contributed by atoms with Gasteiger partial charge in [0, 0.05) is 30.9 Å². The van der Waals surface area contributed by atoms with Crippen molar-refractivity contribution < 1.29 is 4.52 Å². The minimum absolute atomic E-state index is 0.685. The second-order valence-corrected chi connectivity index (χ2v) is 4.39. The second kappa shape index (κ2) is 5.72. The molecule has 17 heavy (non-hydrogen) atoms. The first-order valence-electron chi connectivity index (χ1n) is 5.63. The van der Waals surface area contributed by atoms with E-state index in [9.17, 15) is 0 Å². The summed E-state index contributed by atoms with van der Waals surface area (Å²) >= 11 is 1.40. The van der Waals surface area contributed by atoms with Crippen LogP contribution >= 0.6 is 11.5 Å². The number of aryl methyl sites for hydroxylation is 3. The summed E-state index contributed by atoms with van der Waals surface area (Å²) in [5.41, 5.74) is 0. The average Bonchev–Trinajstić information content (AvgIpc) is 2.93. The van der Waals surface area contributed by atoms with E-state index >= 15 is 0 Å². The van der Waals surface area contributed by atoms with Crippen molar-refractivity contribution in [2.45, 2.75) is 33.1 Å². The van der Waals surface area contributed by atoms with Gasteiger partial charge in [-0.05, 0) is 13.3 Å². The number of anilines is 1. The average molecular weight is 253 g/mol. The summed E-state index contributed by atoms with van der Waals surface area (Å²) in [6, 6.07) is 0. The van der Waals surface area contributed by atoms with Crippen LogP contribution in [0.4, 0.5) is 5.13 Å². The van der Waals surface area contributed by atoms with Gasteiger partial charge in [-0.1, -0.05) is 12.1 Å². The Balaban J connectivity index is 1.69. The first-order chi connectivity index (χ1) is 8.28. The number of nitrogens with one attached hydrogen (secondary N) is 1. The van der Waals surface area contributed by atoms with Gasteiger partial charge in [0.1, 0.15) is 5.82 Å². The Hall–Kier alpha value is -1.50. The van der Waals surface area contributed by atoms with Crippen LogP contribution in [0.3, 0.4) is 0 Å². The monoisotopic (exact) mass is 253 g/mol. The van der Waals surface area contributed by atoms with E-state index in [1.165, 1.54) is 11.5 Å². The summed E-state index contributed by atoms with van der Waals surface area (Å²) in [4.78, 5) is 8.46. The molecule has 0 aliphatic carbocycles. The van der Waals surface area contributed by atoms with E-state index in [-0.39, 0.29) is 0 Å². The van der Waals surface area contributed by atoms with Gasteiger partial charge in [-0.2, -0.15) is 9.36 Å². The Morgan fingerprint density at radius 3 is 2.88 bits per heavy atom. The maximum absolute atomic E-state index is 5.02. The molecule has 0 spiro atoms. The van der Waals surface area contributed by atoms with Crippen LogP contribution in [-0.2, 0) is 12.8 Å². The van der Waals surface area contributed by atoms with Crippen LogP contribution in [0.25, 0.3) is 0 Å². The molecule has 2 aromatic rings. The second-order valence-electron chi connectivity index (χ2n) is 3.63. The molecule has 0 saturated heterocycles. The zero-order chi connectivity index (χ0) is 12.1. The summed E-state index contributed by atoms with van der Waals surface area (Å²) in [7, 11) is 0. The highest BCUT2D eigenvalue weighted by atomic mass is 32.1. The van der Waals surface area contributed by atoms with Crippen LogP contribution in [0.1, 0.15) is 30.9 Å². The number of hydrogen-bond donors (Lipinski definition) is 1. The Kier molecular flexibility index (Phi) is 4.03. The molecule has 7 heteroatoms. The summed E-state index contributed by atoms with van der Waals surface area (Å²) in [6.07, 6.45) is 2.59. The van der Waals surface area contributed by atoms with Crippen molar-refractivity contribution in [1.82, 2.24) is 19.5 Å². The van der Waals surface area contributed by atoms with Gasteiger partial charge in [-0.15, -0.1) is 0 Å². The summed E-state index contributed by atoms with van der Waals surface area (Å²) in [5, 5.41) is 7.85. The Labute approximate surface area is 104 Å². The lowest BCUT2D eigenvalue weighted by atomic mass is 10.3. The number of aromatic nitrogens is 4. The van der Waals surface area contributed by atoms with Crippen molar-refractivity contribution in [3.05, 3.63) is 17.5 Å². The van der Waals surface area contributed by atoms with Crippen LogP contribution in [0.2, 0.25) is 0 Å². The molecule has 0 amide bonds. The largest absolute Gasteiger partial charge is 0.360 e. The predicted octanol–water partition coefficient (Wildman–Crippen LogP) is 1.84. The maximum Gasteiger partial charge on any atom is 0.226 e. The van der Waals surface area contributed by atoms with E-state index in [1.807, 2.05) is 13.8 Å². The highest BCUT2D eigenvalue weighted by Gasteiger charge is 2.03. The first-order valence-corrected chi connectivity index (χ1v) is 6.41. The van der Waals surface area contributed by atoms with Crippen molar-refractivity contribution in [2.24, 2.45) is 0 Å². The Morgan fingerprint density at radius 2 is 2.24 bits per heavy atom. The standard InChI is InChI=1S/C10H15N5OS/c1-3-8-13-10(17-15-8)11-6-4-5-9-12-7(2)14-16-9/h3-6H2,1-2H3,(H,11,13,15). The van der Waals surface area contributed by atoms with Crippen molar-refractivity contribution in [3.63, 3.8) is 0 Å². The normalized spacial score (nSPS) is 10.7. The van der Waals surface area contributed by atoms with E-state index in [2.05, 4.69) is 24.8 Å². The fourth-order valence-corrected chi connectivity index (χ4v) is 2.02. The fraction of sp³-hybridized carbons (Fsp3) is 0.600. The van der Waals surface area contributed by atoms with Crippen LogP contribution < -0.4 is 5.32 Å².